The molecule has 0 aliphatic carbocycles. The van der Waals surface area contributed by atoms with E-state index >= 15 is 0 Å². The molecule has 6 heteroatoms. The third-order valence-electron chi connectivity index (χ3n) is 3.68. The van der Waals surface area contributed by atoms with E-state index in [2.05, 4.69) is 10.3 Å². The lowest BCUT2D eigenvalue weighted by atomic mass is 10.0. The van der Waals surface area contributed by atoms with Gasteiger partial charge in [0.05, 0.1) is 24.3 Å². The molecule has 0 unspecified atom stereocenters. The second-order valence-corrected chi connectivity index (χ2v) is 5.52. The number of pyridine rings is 1. The summed E-state index contributed by atoms with van der Waals surface area (Å²) in [7, 11) is 1.63. The molecule has 0 saturated carbocycles. The average Bonchev–Trinajstić information content (AvgIpc) is 2.47. The van der Waals surface area contributed by atoms with E-state index in [0.29, 0.717) is 24.5 Å². The summed E-state index contributed by atoms with van der Waals surface area (Å²) >= 11 is 0. The maximum Gasteiger partial charge on any atom is 0.253 e. The minimum absolute atomic E-state index is 0.0482. The number of ether oxygens (including phenoxy) is 2. The molecule has 0 spiro atoms. The maximum absolute atomic E-state index is 12.5. The molecule has 6 nitrogen and oxygen atoms in total. The quantitative estimate of drug-likeness (QED) is 0.869. The number of carbonyl (C=O) groups is 1. The highest BCUT2D eigenvalue weighted by Crippen LogP contribution is 2.17. The van der Waals surface area contributed by atoms with Gasteiger partial charge in [0.25, 0.3) is 5.91 Å². The zero-order valence-corrected chi connectivity index (χ0v) is 12.6. The van der Waals surface area contributed by atoms with Crippen molar-refractivity contribution in [2.75, 3.05) is 20.3 Å². The summed E-state index contributed by atoms with van der Waals surface area (Å²) in [6, 6.07) is 2.75. The predicted octanol–water partition coefficient (Wildman–Crippen LogP) is 1.03. The van der Waals surface area contributed by atoms with Crippen LogP contribution in [0.15, 0.2) is 16.9 Å². The zero-order valence-electron chi connectivity index (χ0n) is 12.6. The molecule has 21 heavy (non-hydrogen) atoms. The Kier molecular flexibility index (Phi) is 5.14. The minimum atomic E-state index is -0.215. The summed E-state index contributed by atoms with van der Waals surface area (Å²) in [6.45, 7) is 4.94. The van der Waals surface area contributed by atoms with Crippen molar-refractivity contribution in [3.63, 3.8) is 0 Å². The molecular formula is C15H22N2O4. The highest BCUT2D eigenvalue weighted by molar-refractivity contribution is 5.95. The van der Waals surface area contributed by atoms with Crippen LogP contribution in [0.1, 0.15) is 42.2 Å². The first-order chi connectivity index (χ1) is 10.0. The number of rotatable bonds is 4. The van der Waals surface area contributed by atoms with Gasteiger partial charge in [-0.25, -0.2) is 0 Å². The van der Waals surface area contributed by atoms with Crippen LogP contribution >= 0.6 is 0 Å². The summed E-state index contributed by atoms with van der Waals surface area (Å²) in [5, 5.41) is 2.94. The molecule has 0 bridgehead atoms. The third kappa shape index (κ3) is 3.71. The van der Waals surface area contributed by atoms with E-state index < -0.39 is 0 Å². The summed E-state index contributed by atoms with van der Waals surface area (Å²) in [5.74, 6) is -0.159. The van der Waals surface area contributed by atoms with Crippen LogP contribution in [0.2, 0.25) is 0 Å². The standard InChI is InChI=1S/C15H22N2O4/c1-9(2)14-10(4-5-13(18)17-14)15(19)16-11-8-21-7-6-12(11)20-3/h4-5,9,11-12H,6-8H2,1-3H3,(H,16,19)(H,17,18)/t11-,12-/m1/s1. The number of amides is 1. The van der Waals surface area contributed by atoms with Gasteiger partial charge in [0.2, 0.25) is 5.56 Å². The van der Waals surface area contributed by atoms with Crippen LogP contribution in [0.4, 0.5) is 0 Å². The van der Waals surface area contributed by atoms with Crippen molar-refractivity contribution in [2.24, 2.45) is 0 Å². The fourth-order valence-electron chi connectivity index (χ4n) is 2.53. The molecule has 1 saturated heterocycles. The second kappa shape index (κ2) is 6.87. The molecule has 0 radical (unpaired) electrons. The van der Waals surface area contributed by atoms with E-state index in [1.165, 1.54) is 6.07 Å². The first kappa shape index (κ1) is 15.7. The Bertz CT molecular complexity index is 553. The van der Waals surface area contributed by atoms with Crippen LogP contribution in [0.25, 0.3) is 0 Å². The van der Waals surface area contributed by atoms with E-state index in [1.807, 2.05) is 13.8 Å². The molecule has 1 fully saturated rings. The lowest BCUT2D eigenvalue weighted by molar-refractivity contribution is -0.0349. The van der Waals surface area contributed by atoms with Crippen molar-refractivity contribution >= 4 is 5.91 Å². The second-order valence-electron chi connectivity index (χ2n) is 5.52. The molecule has 116 valence electrons. The summed E-state index contributed by atoms with van der Waals surface area (Å²) < 4.78 is 10.8. The summed E-state index contributed by atoms with van der Waals surface area (Å²) in [4.78, 5) is 26.6. The fourth-order valence-corrected chi connectivity index (χ4v) is 2.53. The third-order valence-corrected chi connectivity index (χ3v) is 3.68. The first-order valence-electron chi connectivity index (χ1n) is 7.17. The highest BCUT2D eigenvalue weighted by Gasteiger charge is 2.28. The molecule has 1 amide bonds. The Balaban J connectivity index is 2.18. The van der Waals surface area contributed by atoms with Crippen molar-refractivity contribution in [2.45, 2.75) is 38.3 Å². The van der Waals surface area contributed by atoms with Gasteiger partial charge in [-0.05, 0) is 18.4 Å². The Morgan fingerprint density at radius 1 is 1.48 bits per heavy atom. The van der Waals surface area contributed by atoms with Gasteiger partial charge in [0, 0.05) is 25.5 Å². The average molecular weight is 294 g/mol. The maximum atomic E-state index is 12.5. The number of aromatic amines is 1. The van der Waals surface area contributed by atoms with Crippen molar-refractivity contribution < 1.29 is 14.3 Å². The predicted molar refractivity (Wildman–Crippen MR) is 78.6 cm³/mol. The van der Waals surface area contributed by atoms with Gasteiger partial charge < -0.3 is 19.8 Å². The van der Waals surface area contributed by atoms with Crippen LogP contribution in [-0.2, 0) is 9.47 Å². The molecule has 2 atom stereocenters. The molecule has 1 aromatic rings. The summed E-state index contributed by atoms with van der Waals surface area (Å²) in [6.07, 6.45) is 0.706. The molecule has 2 rings (SSSR count). The molecule has 0 aromatic carbocycles. The van der Waals surface area contributed by atoms with Crippen LogP contribution in [0, 0.1) is 0 Å². The van der Waals surface area contributed by atoms with Crippen molar-refractivity contribution in [3.8, 4) is 0 Å². The molecule has 1 aliphatic rings. The number of hydrogen-bond acceptors (Lipinski definition) is 4. The number of carbonyl (C=O) groups excluding carboxylic acids is 1. The molecule has 1 aliphatic heterocycles. The van der Waals surface area contributed by atoms with Crippen molar-refractivity contribution in [1.29, 1.82) is 0 Å². The van der Waals surface area contributed by atoms with E-state index in [4.69, 9.17) is 9.47 Å². The van der Waals surface area contributed by atoms with Crippen LogP contribution < -0.4 is 10.9 Å². The SMILES string of the molecule is CO[C@@H]1CCOC[C@H]1NC(=O)c1ccc(=O)[nH]c1C(C)C. The zero-order chi connectivity index (χ0) is 15.4. The smallest absolute Gasteiger partial charge is 0.253 e. The van der Waals surface area contributed by atoms with Gasteiger partial charge in [-0.3, -0.25) is 9.59 Å². The molecule has 2 heterocycles. The van der Waals surface area contributed by atoms with E-state index in [0.717, 1.165) is 6.42 Å². The van der Waals surface area contributed by atoms with E-state index in [9.17, 15) is 9.59 Å². The largest absolute Gasteiger partial charge is 0.379 e. The van der Waals surface area contributed by atoms with Crippen LogP contribution in [0.3, 0.4) is 0 Å². The number of aromatic nitrogens is 1. The number of H-pyrrole nitrogens is 1. The monoisotopic (exact) mass is 294 g/mol. The normalized spacial score (nSPS) is 22.3. The number of nitrogens with one attached hydrogen (secondary N) is 2. The fraction of sp³-hybridized carbons (Fsp3) is 0.600. The minimum Gasteiger partial charge on any atom is -0.379 e. The Labute approximate surface area is 123 Å². The Hall–Kier alpha value is -1.66. The Morgan fingerprint density at radius 2 is 2.24 bits per heavy atom. The summed E-state index contributed by atoms with van der Waals surface area (Å²) in [5.41, 5.74) is 0.932. The Morgan fingerprint density at radius 3 is 2.90 bits per heavy atom. The molecular weight excluding hydrogens is 272 g/mol. The van der Waals surface area contributed by atoms with Crippen LogP contribution in [0.5, 0.6) is 0 Å². The highest BCUT2D eigenvalue weighted by atomic mass is 16.5. The van der Waals surface area contributed by atoms with E-state index in [1.54, 1.807) is 13.2 Å². The van der Waals surface area contributed by atoms with Gasteiger partial charge in [0.1, 0.15) is 0 Å². The molecule has 1 aromatic heterocycles. The topological polar surface area (TPSA) is 80.4 Å². The molecule has 2 N–H and O–H groups in total. The lowest BCUT2D eigenvalue weighted by Crippen LogP contribution is -2.50. The van der Waals surface area contributed by atoms with Gasteiger partial charge in [-0.15, -0.1) is 0 Å². The van der Waals surface area contributed by atoms with Gasteiger partial charge in [-0.1, -0.05) is 13.8 Å². The van der Waals surface area contributed by atoms with Gasteiger partial charge in [-0.2, -0.15) is 0 Å². The number of hydrogen-bond donors (Lipinski definition) is 2. The lowest BCUT2D eigenvalue weighted by Gasteiger charge is -2.31. The van der Waals surface area contributed by atoms with E-state index in [-0.39, 0.29) is 29.5 Å². The van der Waals surface area contributed by atoms with Crippen LogP contribution in [-0.4, -0.2) is 43.4 Å². The van der Waals surface area contributed by atoms with Crippen molar-refractivity contribution in [1.82, 2.24) is 10.3 Å². The van der Waals surface area contributed by atoms with Crippen molar-refractivity contribution in [3.05, 3.63) is 33.7 Å². The first-order valence-corrected chi connectivity index (χ1v) is 7.17. The van der Waals surface area contributed by atoms with Gasteiger partial charge in [0.15, 0.2) is 0 Å². The number of methoxy groups -OCH3 is 1. The van der Waals surface area contributed by atoms with Gasteiger partial charge >= 0.3 is 0 Å².